The van der Waals surface area contributed by atoms with E-state index in [2.05, 4.69) is 15.0 Å². The average molecular weight is 558 g/mol. The van der Waals surface area contributed by atoms with E-state index in [9.17, 15) is 14.4 Å². The quantitative estimate of drug-likeness (QED) is 0.217. The smallest absolute Gasteiger partial charge is 0.339 e. The lowest BCUT2D eigenvalue weighted by Gasteiger charge is -2.12. The van der Waals surface area contributed by atoms with Crippen molar-refractivity contribution in [2.45, 2.75) is 6.54 Å². The molecule has 4 aromatic rings. The summed E-state index contributed by atoms with van der Waals surface area (Å²) in [6, 6.07) is 18.4. The van der Waals surface area contributed by atoms with Crippen molar-refractivity contribution < 1.29 is 23.9 Å². The lowest BCUT2D eigenvalue weighted by molar-refractivity contribution is -0.124. The van der Waals surface area contributed by atoms with E-state index in [4.69, 9.17) is 39.5 Å². The molecule has 37 heavy (non-hydrogen) atoms. The van der Waals surface area contributed by atoms with E-state index in [1.807, 2.05) is 0 Å². The molecule has 1 aromatic heterocycles. The largest absolute Gasteiger partial charge is 0.465 e. The first-order valence-electron chi connectivity index (χ1n) is 10.9. The number of para-hydroxylation sites is 1. The number of aromatic nitrogens is 1. The topological polar surface area (TPSA) is 94.6 Å². The van der Waals surface area contributed by atoms with Crippen LogP contribution in [0.4, 0.5) is 0 Å². The summed E-state index contributed by atoms with van der Waals surface area (Å²) in [5, 5.41) is 3.90. The average Bonchev–Trinajstić information content (AvgIpc) is 2.92. The van der Waals surface area contributed by atoms with Gasteiger partial charge in [0.05, 0.1) is 44.5 Å². The zero-order valence-electron chi connectivity index (χ0n) is 19.4. The van der Waals surface area contributed by atoms with E-state index in [1.54, 1.807) is 60.7 Å². The molecule has 0 bridgehead atoms. The molecule has 0 aliphatic heterocycles. The van der Waals surface area contributed by atoms with Crippen LogP contribution in [-0.4, -0.2) is 36.5 Å². The van der Waals surface area contributed by atoms with Crippen LogP contribution in [-0.2, 0) is 20.8 Å². The number of hydrogen-bond donors (Lipinski definition) is 1. The van der Waals surface area contributed by atoms with Crippen LogP contribution in [0.2, 0.25) is 15.1 Å². The van der Waals surface area contributed by atoms with Crippen molar-refractivity contribution in [3.8, 4) is 11.3 Å². The summed E-state index contributed by atoms with van der Waals surface area (Å²) in [4.78, 5) is 41.4. The molecule has 0 aliphatic rings. The van der Waals surface area contributed by atoms with Crippen LogP contribution in [0.15, 0.2) is 66.7 Å². The molecule has 0 saturated carbocycles. The third-order valence-corrected chi connectivity index (χ3v) is 6.74. The molecule has 0 spiro atoms. The van der Waals surface area contributed by atoms with Crippen LogP contribution < -0.4 is 5.32 Å². The maximum atomic E-state index is 13.0. The number of methoxy groups -OCH3 is 1. The highest BCUT2D eigenvalue weighted by molar-refractivity contribution is 6.49. The maximum absolute atomic E-state index is 13.0. The van der Waals surface area contributed by atoms with Crippen LogP contribution in [0.3, 0.4) is 0 Å². The third kappa shape index (κ3) is 6.02. The number of benzene rings is 3. The van der Waals surface area contributed by atoms with Gasteiger partial charge >= 0.3 is 11.9 Å². The van der Waals surface area contributed by atoms with Crippen LogP contribution in [0.5, 0.6) is 0 Å². The van der Waals surface area contributed by atoms with Gasteiger partial charge in [-0.25, -0.2) is 14.6 Å². The Kier molecular flexibility index (Phi) is 8.28. The minimum absolute atomic E-state index is 0.177. The number of nitrogens with zero attached hydrogens (tertiary/aromatic N) is 1. The number of ether oxygens (including phenoxy) is 2. The zero-order chi connectivity index (χ0) is 26.5. The van der Waals surface area contributed by atoms with Crippen molar-refractivity contribution >= 4 is 63.6 Å². The van der Waals surface area contributed by atoms with Gasteiger partial charge in [-0.05, 0) is 42.0 Å². The number of fused-ring (bicyclic) bond motifs is 1. The highest BCUT2D eigenvalue weighted by atomic mass is 35.5. The van der Waals surface area contributed by atoms with Gasteiger partial charge in [0.15, 0.2) is 6.61 Å². The summed E-state index contributed by atoms with van der Waals surface area (Å²) in [5.41, 5.74) is 2.80. The van der Waals surface area contributed by atoms with Crippen molar-refractivity contribution in [3.63, 3.8) is 0 Å². The van der Waals surface area contributed by atoms with Crippen LogP contribution in [0.1, 0.15) is 26.3 Å². The Morgan fingerprint density at radius 3 is 2.35 bits per heavy atom. The van der Waals surface area contributed by atoms with Crippen LogP contribution in [0.25, 0.3) is 22.2 Å². The highest BCUT2D eigenvalue weighted by Crippen LogP contribution is 2.38. The van der Waals surface area contributed by atoms with E-state index in [-0.39, 0.29) is 22.2 Å². The first-order chi connectivity index (χ1) is 17.8. The molecule has 0 radical (unpaired) electrons. The Bertz CT molecular complexity index is 1510. The summed E-state index contributed by atoms with van der Waals surface area (Å²) in [6.45, 7) is -0.297. The fourth-order valence-electron chi connectivity index (χ4n) is 3.54. The van der Waals surface area contributed by atoms with Gasteiger partial charge in [0, 0.05) is 17.5 Å². The van der Waals surface area contributed by atoms with E-state index < -0.39 is 24.5 Å². The number of rotatable bonds is 7. The van der Waals surface area contributed by atoms with Gasteiger partial charge in [-0.15, -0.1) is 0 Å². The number of esters is 2. The Morgan fingerprint density at radius 1 is 0.892 bits per heavy atom. The van der Waals surface area contributed by atoms with Gasteiger partial charge in [0.25, 0.3) is 5.91 Å². The molecular weight excluding hydrogens is 539 g/mol. The molecular formula is C27H19Cl3N2O5. The third-order valence-electron chi connectivity index (χ3n) is 5.45. The SMILES string of the molecule is COC(=O)c1ccc(CNC(=O)COC(=O)c2cc(-c3ccc(Cl)c(Cl)c3Cl)nc3ccccc23)cc1. The van der Waals surface area contributed by atoms with E-state index in [1.165, 1.54) is 13.2 Å². The standard InChI is InChI=1S/C27H19Cl3N2O5/c1-36-26(34)16-8-6-15(7-9-16)13-31-23(33)14-37-27(35)19-12-22(32-21-5-3-2-4-17(19)21)18-10-11-20(28)25(30)24(18)29/h2-12H,13-14H2,1H3,(H,31,33). The Morgan fingerprint density at radius 2 is 1.62 bits per heavy atom. The van der Waals surface area contributed by atoms with Gasteiger partial charge in [-0.2, -0.15) is 0 Å². The van der Waals surface area contributed by atoms with E-state index in [0.717, 1.165) is 5.56 Å². The van der Waals surface area contributed by atoms with E-state index in [0.29, 0.717) is 32.7 Å². The Hall–Kier alpha value is -3.65. The number of pyridine rings is 1. The van der Waals surface area contributed by atoms with Gasteiger partial charge < -0.3 is 14.8 Å². The highest BCUT2D eigenvalue weighted by Gasteiger charge is 2.19. The first-order valence-corrected chi connectivity index (χ1v) is 12.1. The second kappa shape index (κ2) is 11.6. The maximum Gasteiger partial charge on any atom is 0.339 e. The lowest BCUT2D eigenvalue weighted by atomic mass is 10.0. The summed E-state index contributed by atoms with van der Waals surface area (Å²) in [5.74, 6) is -1.64. The van der Waals surface area contributed by atoms with Crippen LogP contribution in [0, 0.1) is 0 Å². The Labute approximate surface area is 227 Å². The molecule has 0 atom stereocenters. The molecule has 0 aliphatic carbocycles. The lowest BCUT2D eigenvalue weighted by Crippen LogP contribution is -2.28. The second-order valence-corrected chi connectivity index (χ2v) is 9.00. The summed E-state index contributed by atoms with van der Waals surface area (Å²) >= 11 is 18.6. The summed E-state index contributed by atoms with van der Waals surface area (Å²) in [7, 11) is 1.30. The number of amides is 1. The van der Waals surface area contributed by atoms with Crippen molar-refractivity contribution in [1.82, 2.24) is 10.3 Å². The molecule has 10 heteroatoms. The van der Waals surface area contributed by atoms with Crippen molar-refractivity contribution in [2.24, 2.45) is 0 Å². The first kappa shape index (κ1) is 26.4. The van der Waals surface area contributed by atoms with Gasteiger partial charge in [0.1, 0.15) is 0 Å². The molecule has 188 valence electrons. The molecule has 4 rings (SSSR count). The molecule has 0 unspecified atom stereocenters. The van der Waals surface area contributed by atoms with E-state index >= 15 is 0 Å². The van der Waals surface area contributed by atoms with Gasteiger partial charge in [0.2, 0.25) is 0 Å². The molecule has 0 fully saturated rings. The molecule has 1 amide bonds. The predicted molar refractivity (Wildman–Crippen MR) is 142 cm³/mol. The fraction of sp³-hybridized carbons (Fsp3) is 0.111. The number of hydrogen-bond acceptors (Lipinski definition) is 6. The number of nitrogens with one attached hydrogen (secondary N) is 1. The number of halogens is 3. The van der Waals surface area contributed by atoms with Crippen LogP contribution >= 0.6 is 34.8 Å². The Balaban J connectivity index is 1.48. The fourth-order valence-corrected chi connectivity index (χ4v) is 4.18. The van der Waals surface area contributed by atoms with Crippen molar-refractivity contribution in [1.29, 1.82) is 0 Å². The zero-order valence-corrected chi connectivity index (χ0v) is 21.7. The van der Waals surface area contributed by atoms with Crippen molar-refractivity contribution in [3.05, 3.63) is 98.5 Å². The monoisotopic (exact) mass is 556 g/mol. The van der Waals surface area contributed by atoms with Gasteiger partial charge in [-0.1, -0.05) is 65.1 Å². The summed E-state index contributed by atoms with van der Waals surface area (Å²) in [6.07, 6.45) is 0. The minimum Gasteiger partial charge on any atom is -0.465 e. The minimum atomic E-state index is -0.700. The van der Waals surface area contributed by atoms with Gasteiger partial charge in [-0.3, -0.25) is 4.79 Å². The number of carbonyl (C=O) groups is 3. The number of carbonyl (C=O) groups excluding carboxylic acids is 3. The predicted octanol–water partition coefficient (Wildman–Crippen LogP) is 6.12. The normalized spacial score (nSPS) is 10.7. The second-order valence-electron chi connectivity index (χ2n) is 7.84. The molecule has 1 heterocycles. The molecule has 7 nitrogen and oxygen atoms in total. The molecule has 3 aromatic carbocycles. The molecule has 1 N–H and O–H groups in total. The van der Waals surface area contributed by atoms with Crippen molar-refractivity contribution in [2.75, 3.05) is 13.7 Å². The summed E-state index contributed by atoms with van der Waals surface area (Å²) < 4.78 is 9.96. The molecule has 0 saturated heterocycles.